The predicted octanol–water partition coefficient (Wildman–Crippen LogP) is 5.26. The molecule has 7 heteroatoms. The number of amides is 1. The van der Waals surface area contributed by atoms with Crippen molar-refractivity contribution in [2.24, 2.45) is 5.92 Å². The van der Waals surface area contributed by atoms with Crippen LogP contribution in [-0.2, 0) is 6.18 Å². The first kappa shape index (κ1) is 23.2. The van der Waals surface area contributed by atoms with Crippen LogP contribution in [0, 0.1) is 5.92 Å². The highest BCUT2D eigenvalue weighted by molar-refractivity contribution is 6.01. The summed E-state index contributed by atoms with van der Waals surface area (Å²) < 4.78 is 38.4. The average molecular weight is 427 g/mol. The molecule has 2 aromatic rings. The van der Waals surface area contributed by atoms with Crippen molar-refractivity contribution in [2.45, 2.75) is 25.9 Å². The quantitative estimate of drug-likeness (QED) is 0.707. The van der Waals surface area contributed by atoms with Gasteiger partial charge in [0.05, 0.1) is 5.56 Å². The van der Waals surface area contributed by atoms with E-state index in [1.54, 1.807) is 24.3 Å². The second kappa shape index (κ2) is 10.1. The number of benzene rings is 2. The summed E-state index contributed by atoms with van der Waals surface area (Å²) in [5, 5.41) is 3.36. The zero-order valence-electron chi connectivity index (χ0n) is 16.3. The number of piperidine rings is 1. The third-order valence-corrected chi connectivity index (χ3v) is 5.27. The highest BCUT2D eigenvalue weighted by Gasteiger charge is 2.30. The van der Waals surface area contributed by atoms with E-state index in [0.29, 0.717) is 35.7 Å². The third-order valence-electron chi connectivity index (χ3n) is 5.27. The van der Waals surface area contributed by atoms with Crippen molar-refractivity contribution in [3.63, 3.8) is 0 Å². The summed E-state index contributed by atoms with van der Waals surface area (Å²) in [6, 6.07) is 12.1. The maximum atomic E-state index is 13.1. The average Bonchev–Trinajstić information content (AvgIpc) is 2.71. The number of alkyl halides is 3. The highest BCUT2D eigenvalue weighted by atomic mass is 35.5. The van der Waals surface area contributed by atoms with Gasteiger partial charge in [0, 0.05) is 18.7 Å². The summed E-state index contributed by atoms with van der Waals surface area (Å²) in [7, 11) is 0. The SMILES string of the molecule is CCNCC1CCN(C(=O)c2ccccc2-c2ccc(C(F)(F)F)cc2)CC1.Cl. The Bertz CT molecular complexity index is 800. The second-order valence-corrected chi connectivity index (χ2v) is 7.16. The standard InChI is InChI=1S/C22H25F3N2O.ClH/c1-2-26-15-16-11-13-27(14-12-16)21(28)20-6-4-3-5-19(20)17-7-9-18(10-8-17)22(23,24)25;/h3-10,16,26H,2,11-15H2,1H3;1H. The van der Waals surface area contributed by atoms with Crippen LogP contribution in [0.3, 0.4) is 0 Å². The van der Waals surface area contributed by atoms with Crippen molar-refractivity contribution in [1.82, 2.24) is 10.2 Å². The van der Waals surface area contributed by atoms with Gasteiger partial charge in [0.1, 0.15) is 0 Å². The van der Waals surface area contributed by atoms with Crippen molar-refractivity contribution in [2.75, 3.05) is 26.2 Å². The summed E-state index contributed by atoms with van der Waals surface area (Å²) in [6.45, 7) is 5.41. The molecule has 3 nitrogen and oxygen atoms in total. The number of likely N-dealkylation sites (tertiary alicyclic amines) is 1. The molecule has 0 atom stereocenters. The Morgan fingerprint density at radius 1 is 1.07 bits per heavy atom. The summed E-state index contributed by atoms with van der Waals surface area (Å²) in [5.41, 5.74) is 1.12. The summed E-state index contributed by atoms with van der Waals surface area (Å²) in [4.78, 5) is 14.9. The molecule has 1 aliphatic heterocycles. The van der Waals surface area contributed by atoms with Gasteiger partial charge in [0.2, 0.25) is 0 Å². The van der Waals surface area contributed by atoms with Crippen LogP contribution < -0.4 is 5.32 Å². The number of nitrogens with one attached hydrogen (secondary N) is 1. The van der Waals surface area contributed by atoms with Gasteiger partial charge >= 0.3 is 6.18 Å². The molecule has 1 fully saturated rings. The van der Waals surface area contributed by atoms with E-state index >= 15 is 0 Å². The molecule has 29 heavy (non-hydrogen) atoms. The van der Waals surface area contributed by atoms with Gasteiger partial charge < -0.3 is 10.2 Å². The number of hydrogen-bond donors (Lipinski definition) is 1. The highest BCUT2D eigenvalue weighted by Crippen LogP contribution is 2.32. The van der Waals surface area contributed by atoms with Gasteiger partial charge in [-0.2, -0.15) is 13.2 Å². The van der Waals surface area contributed by atoms with E-state index in [1.807, 2.05) is 4.90 Å². The van der Waals surface area contributed by atoms with Crippen LogP contribution >= 0.6 is 12.4 Å². The molecule has 1 aliphatic rings. The zero-order chi connectivity index (χ0) is 20.1. The summed E-state index contributed by atoms with van der Waals surface area (Å²) >= 11 is 0. The van der Waals surface area contributed by atoms with Crippen LogP contribution in [0.4, 0.5) is 13.2 Å². The molecule has 0 unspecified atom stereocenters. The smallest absolute Gasteiger partial charge is 0.339 e. The first-order valence-electron chi connectivity index (χ1n) is 9.66. The summed E-state index contributed by atoms with van der Waals surface area (Å²) in [6.07, 6.45) is -2.45. The molecule has 1 N–H and O–H groups in total. The van der Waals surface area contributed by atoms with E-state index < -0.39 is 11.7 Å². The fourth-order valence-electron chi connectivity index (χ4n) is 3.62. The fraction of sp³-hybridized carbons (Fsp3) is 0.409. The van der Waals surface area contributed by atoms with Crippen LogP contribution in [0.25, 0.3) is 11.1 Å². The van der Waals surface area contributed by atoms with Crippen LogP contribution in [0.5, 0.6) is 0 Å². The molecule has 1 amide bonds. The lowest BCUT2D eigenvalue weighted by molar-refractivity contribution is -0.137. The minimum Gasteiger partial charge on any atom is -0.339 e. The van der Waals surface area contributed by atoms with Crippen molar-refractivity contribution < 1.29 is 18.0 Å². The van der Waals surface area contributed by atoms with E-state index in [0.717, 1.165) is 38.1 Å². The maximum Gasteiger partial charge on any atom is 0.416 e. The van der Waals surface area contributed by atoms with E-state index in [1.165, 1.54) is 12.1 Å². The molecule has 0 bridgehead atoms. The van der Waals surface area contributed by atoms with Crippen molar-refractivity contribution in [3.05, 3.63) is 59.7 Å². The number of carbonyl (C=O) groups excluding carboxylic acids is 1. The van der Waals surface area contributed by atoms with E-state index in [9.17, 15) is 18.0 Å². The largest absolute Gasteiger partial charge is 0.416 e. The summed E-state index contributed by atoms with van der Waals surface area (Å²) in [5.74, 6) is 0.520. The molecule has 1 heterocycles. The predicted molar refractivity (Wildman–Crippen MR) is 111 cm³/mol. The van der Waals surface area contributed by atoms with Gasteiger partial charge in [0.25, 0.3) is 5.91 Å². The molecule has 0 radical (unpaired) electrons. The van der Waals surface area contributed by atoms with Gasteiger partial charge in [-0.15, -0.1) is 12.4 Å². The zero-order valence-corrected chi connectivity index (χ0v) is 17.2. The van der Waals surface area contributed by atoms with E-state index in [-0.39, 0.29) is 18.3 Å². The third kappa shape index (κ3) is 5.73. The second-order valence-electron chi connectivity index (χ2n) is 7.16. The molecular weight excluding hydrogens is 401 g/mol. The molecule has 0 aliphatic carbocycles. The lowest BCUT2D eigenvalue weighted by Crippen LogP contribution is -2.40. The normalized spacial score (nSPS) is 15.1. The minimum absolute atomic E-state index is 0. The van der Waals surface area contributed by atoms with Gasteiger partial charge in [-0.3, -0.25) is 4.79 Å². The molecule has 1 saturated heterocycles. The maximum absolute atomic E-state index is 13.1. The Morgan fingerprint density at radius 3 is 2.28 bits per heavy atom. The van der Waals surface area contributed by atoms with Crippen LogP contribution in [0.15, 0.2) is 48.5 Å². The molecule has 0 aromatic heterocycles. The van der Waals surface area contributed by atoms with E-state index in [4.69, 9.17) is 0 Å². The molecule has 0 saturated carbocycles. The Labute approximate surface area is 175 Å². The minimum atomic E-state index is -4.37. The molecular formula is C22H26ClF3N2O. The van der Waals surface area contributed by atoms with Crippen molar-refractivity contribution >= 4 is 18.3 Å². The monoisotopic (exact) mass is 426 g/mol. The molecule has 2 aromatic carbocycles. The lowest BCUT2D eigenvalue weighted by Gasteiger charge is -2.32. The lowest BCUT2D eigenvalue weighted by atomic mass is 9.94. The number of nitrogens with zero attached hydrogens (tertiary/aromatic N) is 1. The number of carbonyl (C=O) groups is 1. The Kier molecular flexibility index (Phi) is 8.11. The van der Waals surface area contributed by atoms with Gasteiger partial charge in [-0.25, -0.2) is 0 Å². The molecule has 3 rings (SSSR count). The number of halogens is 4. The molecule has 0 spiro atoms. The molecule has 158 valence electrons. The number of hydrogen-bond acceptors (Lipinski definition) is 2. The van der Waals surface area contributed by atoms with E-state index in [2.05, 4.69) is 12.2 Å². The first-order chi connectivity index (χ1) is 13.4. The van der Waals surface area contributed by atoms with Crippen LogP contribution in [0.1, 0.15) is 35.7 Å². The Balaban J connectivity index is 0.00000300. The fourth-order valence-corrected chi connectivity index (χ4v) is 3.62. The first-order valence-corrected chi connectivity index (χ1v) is 9.66. The van der Waals surface area contributed by atoms with Gasteiger partial charge in [-0.1, -0.05) is 37.3 Å². The van der Waals surface area contributed by atoms with Crippen molar-refractivity contribution in [1.29, 1.82) is 0 Å². The number of rotatable bonds is 5. The Morgan fingerprint density at radius 2 is 1.69 bits per heavy atom. The van der Waals surface area contributed by atoms with Crippen LogP contribution in [-0.4, -0.2) is 37.0 Å². The Hall–Kier alpha value is -2.05. The van der Waals surface area contributed by atoms with Crippen LogP contribution in [0.2, 0.25) is 0 Å². The van der Waals surface area contributed by atoms with Crippen molar-refractivity contribution in [3.8, 4) is 11.1 Å². The van der Waals surface area contributed by atoms with Gasteiger partial charge in [-0.05, 0) is 61.2 Å². The topological polar surface area (TPSA) is 32.3 Å². The van der Waals surface area contributed by atoms with Gasteiger partial charge in [0.15, 0.2) is 0 Å².